The van der Waals surface area contributed by atoms with Gasteiger partial charge in [0.15, 0.2) is 0 Å². The van der Waals surface area contributed by atoms with Crippen molar-refractivity contribution < 1.29 is 4.74 Å². The van der Waals surface area contributed by atoms with Gasteiger partial charge in [-0.25, -0.2) is 9.97 Å². The molecule has 0 atom stereocenters. The van der Waals surface area contributed by atoms with Crippen LogP contribution >= 0.6 is 0 Å². The summed E-state index contributed by atoms with van der Waals surface area (Å²) in [6.45, 7) is 8.51. The van der Waals surface area contributed by atoms with Crippen molar-refractivity contribution in [3.05, 3.63) is 11.4 Å². The minimum atomic E-state index is 0.562. The zero-order chi connectivity index (χ0) is 13.4. The molecule has 102 valence electrons. The molecule has 5 nitrogen and oxygen atoms in total. The van der Waals surface area contributed by atoms with Crippen LogP contribution in [0.5, 0.6) is 0 Å². The Bertz CT molecular complexity index is 368. The zero-order valence-corrected chi connectivity index (χ0v) is 11.6. The van der Waals surface area contributed by atoms with Gasteiger partial charge in [0.2, 0.25) is 0 Å². The molecule has 18 heavy (non-hydrogen) atoms. The maximum atomic E-state index is 5.85. The minimum Gasteiger partial charge on any atom is -0.383 e. The van der Waals surface area contributed by atoms with E-state index in [9.17, 15) is 0 Å². The topological polar surface area (TPSA) is 73.1 Å². The Morgan fingerprint density at radius 3 is 2.67 bits per heavy atom. The van der Waals surface area contributed by atoms with Crippen LogP contribution in [-0.4, -0.2) is 29.7 Å². The van der Waals surface area contributed by atoms with E-state index < -0.39 is 0 Å². The summed E-state index contributed by atoms with van der Waals surface area (Å²) in [6.07, 6.45) is 2.82. The Morgan fingerprint density at radius 1 is 1.22 bits per heavy atom. The van der Waals surface area contributed by atoms with Crippen LogP contribution in [0.4, 0.5) is 11.6 Å². The largest absolute Gasteiger partial charge is 0.383 e. The van der Waals surface area contributed by atoms with E-state index in [1.54, 1.807) is 0 Å². The monoisotopic (exact) mass is 252 g/mol. The third-order valence-corrected chi connectivity index (χ3v) is 2.65. The lowest BCUT2D eigenvalue weighted by molar-refractivity contribution is 0.134. The van der Waals surface area contributed by atoms with E-state index >= 15 is 0 Å². The molecule has 3 N–H and O–H groups in total. The number of nitrogens with one attached hydrogen (secondary N) is 1. The molecule has 0 aliphatic heterocycles. The lowest BCUT2D eigenvalue weighted by Gasteiger charge is -2.11. The molecule has 0 aliphatic rings. The smallest absolute Gasteiger partial charge is 0.134 e. The molecule has 0 aliphatic carbocycles. The van der Waals surface area contributed by atoms with Gasteiger partial charge < -0.3 is 15.8 Å². The van der Waals surface area contributed by atoms with E-state index in [2.05, 4.69) is 22.2 Å². The average molecular weight is 252 g/mol. The van der Waals surface area contributed by atoms with Gasteiger partial charge in [-0.15, -0.1) is 0 Å². The number of anilines is 2. The predicted molar refractivity (Wildman–Crippen MR) is 74.8 cm³/mol. The first-order chi connectivity index (χ1) is 8.69. The van der Waals surface area contributed by atoms with Gasteiger partial charge in [-0.05, 0) is 19.8 Å². The highest BCUT2D eigenvalue weighted by Crippen LogP contribution is 2.17. The van der Waals surface area contributed by atoms with E-state index in [1.807, 2.05) is 13.8 Å². The van der Waals surface area contributed by atoms with Crippen molar-refractivity contribution in [3.8, 4) is 0 Å². The molecule has 0 aromatic carbocycles. The number of nitrogens with zero attached hydrogens (tertiary/aromatic N) is 2. The number of hydrogen-bond donors (Lipinski definition) is 2. The Labute approximate surface area is 109 Å². The number of aromatic nitrogens is 2. The molecule has 1 heterocycles. The number of nitrogens with two attached hydrogens (primary N) is 1. The van der Waals surface area contributed by atoms with Gasteiger partial charge in [-0.1, -0.05) is 13.8 Å². The van der Waals surface area contributed by atoms with Crippen molar-refractivity contribution in [1.29, 1.82) is 0 Å². The molecule has 1 rings (SSSR count). The molecule has 0 fully saturated rings. The molecule has 0 unspecified atom stereocenters. The summed E-state index contributed by atoms with van der Waals surface area (Å²) in [4.78, 5) is 8.67. The van der Waals surface area contributed by atoms with Crippen LogP contribution in [0.15, 0.2) is 0 Å². The molecular weight excluding hydrogens is 228 g/mol. The highest BCUT2D eigenvalue weighted by atomic mass is 16.5. The molecule has 1 aromatic rings. The van der Waals surface area contributed by atoms with Crippen molar-refractivity contribution in [2.24, 2.45) is 0 Å². The third kappa shape index (κ3) is 4.49. The summed E-state index contributed by atoms with van der Waals surface area (Å²) in [5.74, 6) is 2.18. The first-order valence-corrected chi connectivity index (χ1v) is 6.63. The summed E-state index contributed by atoms with van der Waals surface area (Å²) in [6, 6.07) is 0. The molecular formula is C13H24N4O. The van der Waals surface area contributed by atoms with Crippen LogP contribution in [0.1, 0.15) is 38.1 Å². The molecule has 0 saturated carbocycles. The first kappa shape index (κ1) is 14.7. The zero-order valence-electron chi connectivity index (χ0n) is 11.6. The molecule has 0 bridgehead atoms. The fourth-order valence-corrected chi connectivity index (χ4v) is 1.54. The third-order valence-electron chi connectivity index (χ3n) is 2.65. The maximum Gasteiger partial charge on any atom is 0.134 e. The fourth-order valence-electron chi connectivity index (χ4n) is 1.54. The second-order valence-electron chi connectivity index (χ2n) is 4.24. The van der Waals surface area contributed by atoms with Crippen molar-refractivity contribution in [2.75, 3.05) is 30.8 Å². The molecule has 5 heteroatoms. The number of nitrogen functional groups attached to an aromatic ring is 1. The molecule has 0 radical (unpaired) electrons. The summed E-state index contributed by atoms with van der Waals surface area (Å²) in [7, 11) is 0. The van der Waals surface area contributed by atoms with E-state index in [0.717, 1.165) is 56.2 Å². The predicted octanol–water partition coefficient (Wildman–Crippen LogP) is 2.16. The minimum absolute atomic E-state index is 0.562. The second-order valence-corrected chi connectivity index (χ2v) is 4.24. The van der Waals surface area contributed by atoms with Crippen LogP contribution in [0.2, 0.25) is 0 Å². The first-order valence-electron chi connectivity index (χ1n) is 6.63. The van der Waals surface area contributed by atoms with Crippen LogP contribution in [0.3, 0.4) is 0 Å². The van der Waals surface area contributed by atoms with Gasteiger partial charge >= 0.3 is 0 Å². The van der Waals surface area contributed by atoms with Crippen molar-refractivity contribution in [1.82, 2.24) is 9.97 Å². The maximum absolute atomic E-state index is 5.85. The lowest BCUT2D eigenvalue weighted by atomic mass is 10.3. The Morgan fingerprint density at radius 2 is 2.00 bits per heavy atom. The standard InChI is InChI=1S/C13H24N4O/c1-4-8-18-9-6-7-15-13-10(3)12(14)16-11(5-2)17-13/h4-9H2,1-3H3,(H3,14,15,16,17). The number of aryl methyl sites for hydroxylation is 1. The average Bonchev–Trinajstić information content (AvgIpc) is 2.38. The summed E-state index contributed by atoms with van der Waals surface area (Å²) < 4.78 is 5.42. The van der Waals surface area contributed by atoms with Gasteiger partial charge in [0, 0.05) is 31.7 Å². The van der Waals surface area contributed by atoms with Crippen LogP contribution < -0.4 is 11.1 Å². The van der Waals surface area contributed by atoms with Gasteiger partial charge in [0.25, 0.3) is 0 Å². The highest BCUT2D eigenvalue weighted by molar-refractivity contribution is 5.54. The molecule has 0 saturated heterocycles. The highest BCUT2D eigenvalue weighted by Gasteiger charge is 2.06. The van der Waals surface area contributed by atoms with Gasteiger partial charge in [-0.2, -0.15) is 0 Å². The van der Waals surface area contributed by atoms with Crippen LogP contribution in [0.25, 0.3) is 0 Å². The van der Waals surface area contributed by atoms with E-state index in [4.69, 9.17) is 10.5 Å². The Balaban J connectivity index is 2.44. The van der Waals surface area contributed by atoms with Gasteiger partial charge in [-0.3, -0.25) is 0 Å². The SMILES string of the molecule is CCCOCCCNc1nc(CC)nc(N)c1C. The number of ether oxygens (including phenoxy) is 1. The Kier molecular flexibility index (Phi) is 6.43. The molecule has 1 aromatic heterocycles. The quantitative estimate of drug-likeness (QED) is 0.694. The van der Waals surface area contributed by atoms with E-state index in [-0.39, 0.29) is 0 Å². The van der Waals surface area contributed by atoms with Crippen molar-refractivity contribution >= 4 is 11.6 Å². The molecule has 0 spiro atoms. The second kappa shape index (κ2) is 7.87. The van der Waals surface area contributed by atoms with Crippen LogP contribution in [-0.2, 0) is 11.2 Å². The summed E-state index contributed by atoms with van der Waals surface area (Å²) >= 11 is 0. The van der Waals surface area contributed by atoms with Gasteiger partial charge in [0.1, 0.15) is 17.5 Å². The number of rotatable bonds is 8. The van der Waals surface area contributed by atoms with Crippen molar-refractivity contribution in [3.63, 3.8) is 0 Å². The number of hydrogen-bond acceptors (Lipinski definition) is 5. The van der Waals surface area contributed by atoms with Crippen molar-refractivity contribution in [2.45, 2.75) is 40.0 Å². The Hall–Kier alpha value is -1.36. The lowest BCUT2D eigenvalue weighted by Crippen LogP contribution is -2.11. The van der Waals surface area contributed by atoms with Gasteiger partial charge in [0.05, 0.1) is 0 Å². The van der Waals surface area contributed by atoms with Crippen LogP contribution in [0, 0.1) is 6.92 Å². The van der Waals surface area contributed by atoms with E-state index in [0.29, 0.717) is 5.82 Å². The summed E-state index contributed by atoms with van der Waals surface area (Å²) in [5.41, 5.74) is 6.77. The van der Waals surface area contributed by atoms with E-state index in [1.165, 1.54) is 0 Å². The summed E-state index contributed by atoms with van der Waals surface area (Å²) in [5, 5.41) is 3.29. The fraction of sp³-hybridized carbons (Fsp3) is 0.692. The normalized spacial score (nSPS) is 10.6. The molecule has 0 amide bonds.